The number of rotatable bonds is 3. The molecular formula is C18H17BrN2O3. The van der Waals surface area contributed by atoms with Gasteiger partial charge in [0.1, 0.15) is 5.69 Å². The summed E-state index contributed by atoms with van der Waals surface area (Å²) in [5.74, 6) is -0.0814. The molecule has 0 aromatic heterocycles. The standard InChI is InChI=1S/C18H17BrN2O3/c1-11-3-4-12(2)14(9-11)15-7-8-18(22)20(15)17-10-13(19)5-6-16(17)21(23)24/h3-6,9-10,15H,7-8H2,1-2H3. The van der Waals surface area contributed by atoms with Gasteiger partial charge in [0.25, 0.3) is 5.69 Å². The molecule has 2 aromatic rings. The summed E-state index contributed by atoms with van der Waals surface area (Å²) in [6.45, 7) is 4.01. The molecule has 1 saturated heterocycles. The minimum absolute atomic E-state index is 0.0521. The number of nitrogens with zero attached hydrogens (tertiary/aromatic N) is 2. The van der Waals surface area contributed by atoms with Crippen LogP contribution in [0.3, 0.4) is 0 Å². The molecule has 1 amide bonds. The molecule has 1 atom stereocenters. The van der Waals surface area contributed by atoms with Crippen LogP contribution in [0.2, 0.25) is 0 Å². The average molecular weight is 389 g/mol. The number of carbonyl (C=O) groups is 1. The Hall–Kier alpha value is -2.21. The van der Waals surface area contributed by atoms with Crippen molar-refractivity contribution in [2.75, 3.05) is 4.90 Å². The molecule has 1 aliphatic rings. The Labute approximate surface area is 148 Å². The van der Waals surface area contributed by atoms with E-state index in [1.165, 1.54) is 6.07 Å². The Kier molecular flexibility index (Phi) is 4.41. The first-order valence-corrected chi connectivity index (χ1v) is 8.51. The van der Waals surface area contributed by atoms with E-state index in [2.05, 4.69) is 22.0 Å². The van der Waals surface area contributed by atoms with Crippen LogP contribution in [0.4, 0.5) is 11.4 Å². The van der Waals surface area contributed by atoms with Crippen molar-refractivity contribution in [3.63, 3.8) is 0 Å². The van der Waals surface area contributed by atoms with E-state index in [1.807, 2.05) is 26.0 Å². The Morgan fingerprint density at radius 2 is 1.96 bits per heavy atom. The molecule has 1 fully saturated rings. The maximum Gasteiger partial charge on any atom is 0.293 e. The number of hydrogen-bond donors (Lipinski definition) is 0. The number of aryl methyl sites for hydroxylation is 2. The van der Waals surface area contributed by atoms with Crippen LogP contribution < -0.4 is 4.90 Å². The molecule has 0 N–H and O–H groups in total. The highest BCUT2D eigenvalue weighted by atomic mass is 79.9. The van der Waals surface area contributed by atoms with Crippen molar-refractivity contribution < 1.29 is 9.72 Å². The van der Waals surface area contributed by atoms with Crippen molar-refractivity contribution >= 4 is 33.2 Å². The van der Waals surface area contributed by atoms with Gasteiger partial charge in [-0.1, -0.05) is 39.7 Å². The zero-order chi connectivity index (χ0) is 17.4. The Balaban J connectivity index is 2.15. The van der Waals surface area contributed by atoms with Crippen molar-refractivity contribution in [3.8, 4) is 0 Å². The second-order valence-corrected chi connectivity index (χ2v) is 6.98. The smallest absolute Gasteiger partial charge is 0.293 e. The molecule has 1 aliphatic heterocycles. The van der Waals surface area contributed by atoms with Gasteiger partial charge >= 0.3 is 0 Å². The van der Waals surface area contributed by atoms with Gasteiger partial charge in [-0.05, 0) is 43.5 Å². The zero-order valence-corrected chi connectivity index (χ0v) is 15.0. The first-order chi connectivity index (χ1) is 11.4. The molecule has 124 valence electrons. The van der Waals surface area contributed by atoms with Gasteiger partial charge < -0.3 is 0 Å². The number of nitro benzene ring substituents is 1. The maximum absolute atomic E-state index is 12.5. The lowest BCUT2D eigenvalue weighted by molar-refractivity contribution is -0.384. The highest BCUT2D eigenvalue weighted by Gasteiger charge is 2.37. The molecule has 24 heavy (non-hydrogen) atoms. The predicted octanol–water partition coefficient (Wildman–Crippen LogP) is 4.84. The maximum atomic E-state index is 12.5. The first kappa shape index (κ1) is 16.6. The molecule has 5 nitrogen and oxygen atoms in total. The lowest BCUT2D eigenvalue weighted by Gasteiger charge is -2.26. The summed E-state index contributed by atoms with van der Waals surface area (Å²) in [6, 6.07) is 10.7. The number of halogens is 1. The van der Waals surface area contributed by atoms with E-state index in [1.54, 1.807) is 17.0 Å². The molecule has 1 heterocycles. The molecule has 0 saturated carbocycles. The van der Waals surface area contributed by atoms with Gasteiger partial charge in [-0.2, -0.15) is 0 Å². The number of benzene rings is 2. The first-order valence-electron chi connectivity index (χ1n) is 7.71. The van der Waals surface area contributed by atoms with Crippen molar-refractivity contribution in [2.24, 2.45) is 0 Å². The van der Waals surface area contributed by atoms with Gasteiger partial charge in [0, 0.05) is 17.0 Å². The lowest BCUT2D eigenvalue weighted by Crippen LogP contribution is -2.28. The Bertz CT molecular complexity index is 835. The Morgan fingerprint density at radius 1 is 1.21 bits per heavy atom. The van der Waals surface area contributed by atoms with E-state index in [4.69, 9.17) is 0 Å². The van der Waals surface area contributed by atoms with Crippen LogP contribution in [0, 0.1) is 24.0 Å². The summed E-state index contributed by atoms with van der Waals surface area (Å²) >= 11 is 3.35. The quantitative estimate of drug-likeness (QED) is 0.557. The minimum atomic E-state index is -0.437. The van der Waals surface area contributed by atoms with Gasteiger partial charge in [-0.3, -0.25) is 19.8 Å². The number of anilines is 1. The normalized spacial score (nSPS) is 17.4. The number of amides is 1. The van der Waals surface area contributed by atoms with E-state index in [0.29, 0.717) is 23.0 Å². The fraction of sp³-hybridized carbons (Fsp3) is 0.278. The molecule has 6 heteroatoms. The summed E-state index contributed by atoms with van der Waals surface area (Å²) < 4.78 is 0.711. The van der Waals surface area contributed by atoms with Crippen molar-refractivity contribution in [2.45, 2.75) is 32.7 Å². The van der Waals surface area contributed by atoms with Gasteiger partial charge in [0.05, 0.1) is 11.0 Å². The molecule has 0 spiro atoms. The lowest BCUT2D eigenvalue weighted by atomic mass is 9.97. The van der Waals surface area contributed by atoms with E-state index < -0.39 is 4.92 Å². The fourth-order valence-electron chi connectivity index (χ4n) is 3.24. The average Bonchev–Trinajstić information content (AvgIpc) is 2.90. The number of nitro groups is 1. The highest BCUT2D eigenvalue weighted by molar-refractivity contribution is 9.10. The second kappa shape index (κ2) is 6.36. The third-order valence-electron chi connectivity index (χ3n) is 4.40. The summed E-state index contributed by atoms with van der Waals surface area (Å²) in [7, 11) is 0. The van der Waals surface area contributed by atoms with Crippen LogP contribution in [-0.2, 0) is 4.79 Å². The molecule has 0 bridgehead atoms. The van der Waals surface area contributed by atoms with Crippen molar-refractivity contribution in [1.82, 2.24) is 0 Å². The third-order valence-corrected chi connectivity index (χ3v) is 4.89. The van der Waals surface area contributed by atoms with E-state index in [0.717, 1.165) is 16.7 Å². The molecular weight excluding hydrogens is 372 g/mol. The topological polar surface area (TPSA) is 63.5 Å². The summed E-state index contributed by atoms with van der Waals surface area (Å²) in [4.78, 5) is 25.1. The molecule has 2 aromatic carbocycles. The van der Waals surface area contributed by atoms with Gasteiger partial charge in [0.15, 0.2) is 0 Å². The van der Waals surface area contributed by atoms with Gasteiger partial charge in [-0.25, -0.2) is 0 Å². The van der Waals surface area contributed by atoms with Crippen molar-refractivity contribution in [1.29, 1.82) is 0 Å². The molecule has 1 unspecified atom stereocenters. The number of carbonyl (C=O) groups excluding carboxylic acids is 1. The van der Waals surface area contributed by atoms with Crippen LogP contribution in [-0.4, -0.2) is 10.8 Å². The summed E-state index contributed by atoms with van der Waals surface area (Å²) in [6.07, 6.45) is 1.05. The molecule has 0 radical (unpaired) electrons. The van der Waals surface area contributed by atoms with Crippen LogP contribution in [0.5, 0.6) is 0 Å². The highest BCUT2D eigenvalue weighted by Crippen LogP contribution is 2.43. The second-order valence-electron chi connectivity index (χ2n) is 6.07. The van der Waals surface area contributed by atoms with Crippen LogP contribution in [0.15, 0.2) is 40.9 Å². The largest absolute Gasteiger partial charge is 0.299 e. The van der Waals surface area contributed by atoms with Crippen LogP contribution in [0.25, 0.3) is 0 Å². The minimum Gasteiger partial charge on any atom is -0.299 e. The van der Waals surface area contributed by atoms with Crippen LogP contribution >= 0.6 is 15.9 Å². The molecule has 3 rings (SSSR count). The van der Waals surface area contributed by atoms with Crippen LogP contribution in [0.1, 0.15) is 35.6 Å². The summed E-state index contributed by atoms with van der Waals surface area (Å²) in [5.41, 5.74) is 3.54. The monoisotopic (exact) mass is 388 g/mol. The van der Waals surface area contributed by atoms with E-state index in [9.17, 15) is 14.9 Å². The summed E-state index contributed by atoms with van der Waals surface area (Å²) in [5, 5.41) is 11.4. The predicted molar refractivity (Wildman–Crippen MR) is 96.2 cm³/mol. The SMILES string of the molecule is Cc1ccc(C)c(C2CCC(=O)N2c2cc(Br)ccc2[N+](=O)[O-])c1. The van der Waals surface area contributed by atoms with Gasteiger partial charge in [0.2, 0.25) is 5.91 Å². The van der Waals surface area contributed by atoms with Gasteiger partial charge in [-0.15, -0.1) is 0 Å². The zero-order valence-electron chi connectivity index (χ0n) is 13.5. The fourth-order valence-corrected chi connectivity index (χ4v) is 3.59. The van der Waals surface area contributed by atoms with Crippen molar-refractivity contribution in [3.05, 3.63) is 67.7 Å². The van der Waals surface area contributed by atoms with E-state index >= 15 is 0 Å². The number of hydrogen-bond acceptors (Lipinski definition) is 3. The third kappa shape index (κ3) is 2.94. The Morgan fingerprint density at radius 3 is 2.67 bits per heavy atom. The van der Waals surface area contributed by atoms with E-state index in [-0.39, 0.29) is 17.6 Å². The molecule has 0 aliphatic carbocycles.